The molecule has 1 fully saturated rings. The normalized spacial score (nSPS) is 16.3. The summed E-state index contributed by atoms with van der Waals surface area (Å²) in [5, 5.41) is 0.283. The highest BCUT2D eigenvalue weighted by molar-refractivity contribution is 8.30. The summed E-state index contributed by atoms with van der Waals surface area (Å²) in [6.45, 7) is 10.3. The average molecular weight is 429 g/mol. The molecule has 164 valence electrons. The molecule has 2 aromatic carbocycles. The molecule has 1 aliphatic rings. The van der Waals surface area contributed by atoms with Crippen molar-refractivity contribution in [2.45, 2.75) is 68.4 Å². The lowest BCUT2D eigenvalue weighted by Gasteiger charge is -2.42. The van der Waals surface area contributed by atoms with E-state index in [-0.39, 0.29) is 16.4 Å². The van der Waals surface area contributed by atoms with Crippen LogP contribution in [-0.4, -0.2) is 38.9 Å². The molecule has 3 N–H and O–H groups in total. The first-order valence-corrected chi connectivity index (χ1v) is 12.7. The fourth-order valence-electron chi connectivity index (χ4n) is 4.49. The van der Waals surface area contributed by atoms with Crippen LogP contribution in [0.25, 0.3) is 0 Å². The van der Waals surface area contributed by atoms with E-state index in [9.17, 15) is 9.35 Å². The minimum absolute atomic E-state index is 0.0697. The van der Waals surface area contributed by atoms with Gasteiger partial charge in [0.1, 0.15) is 0 Å². The molecule has 1 aliphatic heterocycles. The van der Waals surface area contributed by atoms with Gasteiger partial charge in [0.25, 0.3) is 5.91 Å². The summed E-state index contributed by atoms with van der Waals surface area (Å²) in [4.78, 5) is 16.1. The molecule has 1 heterocycles. The van der Waals surface area contributed by atoms with Crippen LogP contribution in [0, 0.1) is 0 Å². The van der Waals surface area contributed by atoms with E-state index in [0.29, 0.717) is 18.0 Å². The van der Waals surface area contributed by atoms with E-state index in [0.717, 1.165) is 36.4 Å². The molecule has 0 spiro atoms. The van der Waals surface area contributed by atoms with Crippen LogP contribution in [-0.2, 0) is 6.54 Å². The Bertz CT molecular complexity index is 865. The van der Waals surface area contributed by atoms with Gasteiger partial charge in [0.05, 0.1) is 0 Å². The first kappa shape index (κ1) is 22.9. The number of nitrogens with zero attached hydrogens (tertiary/aromatic N) is 1. The first-order valence-electron chi connectivity index (χ1n) is 11.0. The van der Waals surface area contributed by atoms with Gasteiger partial charge in [-0.15, -0.1) is 10.3 Å². The van der Waals surface area contributed by atoms with Crippen LogP contribution < -0.4 is 5.73 Å². The topological polar surface area (TPSA) is 66.6 Å². The van der Waals surface area contributed by atoms with Gasteiger partial charge in [-0.25, -0.2) is 0 Å². The van der Waals surface area contributed by atoms with Gasteiger partial charge in [-0.2, -0.15) is 0 Å². The number of rotatable bonds is 6. The summed E-state index contributed by atoms with van der Waals surface area (Å²) >= 11 is 0. The van der Waals surface area contributed by atoms with Crippen molar-refractivity contribution in [3.63, 3.8) is 0 Å². The van der Waals surface area contributed by atoms with E-state index in [2.05, 4.69) is 52.0 Å². The van der Waals surface area contributed by atoms with Crippen LogP contribution in [0.4, 0.5) is 0 Å². The number of amides is 1. The molecule has 0 saturated carbocycles. The van der Waals surface area contributed by atoms with Crippen molar-refractivity contribution in [2.24, 2.45) is 5.73 Å². The Kier molecular flexibility index (Phi) is 7.27. The fourth-order valence-corrected chi connectivity index (χ4v) is 7.28. The summed E-state index contributed by atoms with van der Waals surface area (Å²) in [5.41, 5.74) is 8.96. The Balaban J connectivity index is 1.72. The molecule has 30 heavy (non-hydrogen) atoms. The number of piperidine rings is 1. The molecule has 0 aliphatic carbocycles. The van der Waals surface area contributed by atoms with Crippen LogP contribution in [0.1, 0.15) is 67.9 Å². The quantitative estimate of drug-likeness (QED) is 0.628. The van der Waals surface area contributed by atoms with Crippen molar-refractivity contribution in [2.75, 3.05) is 13.1 Å². The Morgan fingerprint density at radius 3 is 2.30 bits per heavy atom. The number of benzene rings is 2. The Labute approximate surface area is 183 Å². The van der Waals surface area contributed by atoms with Gasteiger partial charge in [0.2, 0.25) is 0 Å². The third-order valence-electron chi connectivity index (χ3n) is 6.34. The van der Waals surface area contributed by atoms with Crippen molar-refractivity contribution in [3.05, 3.63) is 65.2 Å². The molecule has 0 unspecified atom stereocenters. The van der Waals surface area contributed by atoms with Gasteiger partial charge >= 0.3 is 0 Å². The second-order valence-corrected chi connectivity index (χ2v) is 12.5. The Morgan fingerprint density at radius 2 is 1.70 bits per heavy atom. The molecule has 0 atom stereocenters. The van der Waals surface area contributed by atoms with Gasteiger partial charge in [0, 0.05) is 40.6 Å². The van der Waals surface area contributed by atoms with Crippen LogP contribution >= 0.6 is 10.3 Å². The van der Waals surface area contributed by atoms with Crippen LogP contribution in [0.5, 0.6) is 0 Å². The largest absolute Gasteiger partial charge is 0.347 e. The van der Waals surface area contributed by atoms with Crippen molar-refractivity contribution in [1.29, 1.82) is 0 Å². The Morgan fingerprint density at radius 1 is 1.07 bits per heavy atom. The summed E-state index contributed by atoms with van der Waals surface area (Å²) < 4.78 is 11.4. The third-order valence-corrected chi connectivity index (χ3v) is 10.2. The van der Waals surface area contributed by atoms with Crippen LogP contribution in [0.3, 0.4) is 0 Å². The van der Waals surface area contributed by atoms with Crippen molar-refractivity contribution < 1.29 is 9.35 Å². The predicted molar refractivity (Wildman–Crippen MR) is 127 cm³/mol. The highest BCUT2D eigenvalue weighted by Crippen LogP contribution is 2.59. The monoisotopic (exact) mass is 428 g/mol. The van der Waals surface area contributed by atoms with Gasteiger partial charge in [-0.05, 0) is 48.1 Å². The van der Waals surface area contributed by atoms with E-state index in [4.69, 9.17) is 5.73 Å². The summed E-state index contributed by atoms with van der Waals surface area (Å²) in [6, 6.07) is 16.2. The molecule has 1 amide bonds. The second kappa shape index (κ2) is 9.54. The highest BCUT2D eigenvalue weighted by atomic mass is 32.3. The summed E-state index contributed by atoms with van der Waals surface area (Å²) in [7, 11) is -1.97. The van der Waals surface area contributed by atoms with Crippen molar-refractivity contribution in [1.82, 2.24) is 4.90 Å². The average Bonchev–Trinajstić information content (AvgIpc) is 2.78. The second-order valence-electron chi connectivity index (χ2n) is 8.81. The maximum Gasteiger partial charge on any atom is 0.253 e. The van der Waals surface area contributed by atoms with E-state index < -0.39 is 10.3 Å². The molecular weight excluding hydrogens is 392 g/mol. The summed E-state index contributed by atoms with van der Waals surface area (Å²) in [6.07, 6.45) is 1.93. The SMILES string of the molecule is CC(C)S(O)(c1cccc(C(=O)N2CCC(c3cccc(CN)c3)CC2)c1)C(C)C. The van der Waals surface area contributed by atoms with Gasteiger partial charge in [-0.1, -0.05) is 58.0 Å². The summed E-state index contributed by atoms with van der Waals surface area (Å²) in [5.74, 6) is 0.545. The standard InChI is InChI=1S/C25H36N2O2S/c1-18(2)30(29,19(3)4)24-10-6-9-23(16-24)25(28)27-13-11-21(12-14-27)22-8-5-7-20(15-22)17-26/h5-10,15-16,18-19,21,29H,11-14,17,26H2,1-4H3. The zero-order valence-electron chi connectivity index (χ0n) is 18.7. The molecule has 1 saturated heterocycles. The molecule has 0 aromatic heterocycles. The molecule has 5 heteroatoms. The third kappa shape index (κ3) is 4.58. The number of likely N-dealkylation sites (tertiary alicyclic amines) is 1. The molecule has 0 radical (unpaired) electrons. The zero-order valence-corrected chi connectivity index (χ0v) is 19.5. The van der Waals surface area contributed by atoms with Gasteiger partial charge < -0.3 is 15.2 Å². The first-order chi connectivity index (χ1) is 14.3. The van der Waals surface area contributed by atoms with Gasteiger partial charge in [-0.3, -0.25) is 4.79 Å². The van der Waals surface area contributed by atoms with E-state index in [1.54, 1.807) is 0 Å². The minimum atomic E-state index is -1.97. The zero-order chi connectivity index (χ0) is 21.9. The predicted octanol–water partition coefficient (Wildman–Crippen LogP) is 5.62. The van der Waals surface area contributed by atoms with Gasteiger partial charge in [0.15, 0.2) is 0 Å². The van der Waals surface area contributed by atoms with E-state index in [1.165, 1.54) is 5.56 Å². The molecule has 3 rings (SSSR count). The van der Waals surface area contributed by atoms with Crippen molar-refractivity contribution >= 4 is 16.2 Å². The number of hydrogen-bond acceptors (Lipinski definition) is 3. The van der Waals surface area contributed by atoms with Crippen molar-refractivity contribution in [3.8, 4) is 0 Å². The fraction of sp³-hybridized carbons (Fsp3) is 0.480. The number of carbonyl (C=O) groups excluding carboxylic acids is 1. The number of nitrogens with two attached hydrogens (primary N) is 1. The number of carbonyl (C=O) groups is 1. The smallest absolute Gasteiger partial charge is 0.253 e. The Hall–Kier alpha value is -1.82. The van der Waals surface area contributed by atoms with E-state index in [1.807, 2.05) is 29.2 Å². The maximum absolute atomic E-state index is 13.2. The van der Waals surface area contributed by atoms with E-state index >= 15 is 0 Å². The maximum atomic E-state index is 13.2. The van der Waals surface area contributed by atoms with Crippen LogP contribution in [0.2, 0.25) is 0 Å². The molecular formula is C25H36N2O2S. The molecule has 4 nitrogen and oxygen atoms in total. The lowest BCUT2D eigenvalue weighted by Crippen LogP contribution is -2.38. The molecule has 2 aromatic rings. The van der Waals surface area contributed by atoms with Crippen LogP contribution in [0.15, 0.2) is 53.4 Å². The lowest BCUT2D eigenvalue weighted by molar-refractivity contribution is 0.0712. The lowest BCUT2D eigenvalue weighted by atomic mass is 9.88. The number of hydrogen-bond donors (Lipinski definition) is 2. The highest BCUT2D eigenvalue weighted by Gasteiger charge is 2.32. The molecule has 0 bridgehead atoms. The minimum Gasteiger partial charge on any atom is -0.347 e.